The van der Waals surface area contributed by atoms with Gasteiger partial charge in [-0.1, -0.05) is 42.5 Å². The van der Waals surface area contributed by atoms with E-state index >= 15 is 0 Å². The quantitative estimate of drug-likeness (QED) is 0.793. The summed E-state index contributed by atoms with van der Waals surface area (Å²) in [5, 5.41) is 3.16. The highest BCUT2D eigenvalue weighted by Crippen LogP contribution is 2.41. The molecule has 0 unspecified atom stereocenters. The monoisotopic (exact) mass is 363 g/mol. The van der Waals surface area contributed by atoms with Gasteiger partial charge in [0.2, 0.25) is 0 Å². The Morgan fingerprint density at radius 3 is 2.37 bits per heavy atom. The minimum atomic E-state index is 0.101. The van der Waals surface area contributed by atoms with Crippen molar-refractivity contribution >= 4 is 11.7 Å². The topological polar surface area (TPSA) is 58.4 Å². The first-order chi connectivity index (χ1) is 13.2. The summed E-state index contributed by atoms with van der Waals surface area (Å²) in [6.45, 7) is 2.45. The maximum absolute atomic E-state index is 12.5. The van der Waals surface area contributed by atoms with Crippen LogP contribution in [0, 0.1) is 5.92 Å². The Kier molecular flexibility index (Phi) is 5.33. The Hall–Kier alpha value is -2.49. The molecular weight excluding hydrogens is 334 g/mol. The van der Waals surface area contributed by atoms with Crippen LogP contribution in [-0.4, -0.2) is 30.6 Å². The van der Waals surface area contributed by atoms with Crippen LogP contribution in [0.2, 0.25) is 0 Å². The zero-order valence-electron chi connectivity index (χ0n) is 15.8. The van der Waals surface area contributed by atoms with Crippen LogP contribution < -0.4 is 11.1 Å². The predicted octanol–water partition coefficient (Wildman–Crippen LogP) is 4.35. The van der Waals surface area contributed by atoms with E-state index in [0.29, 0.717) is 17.8 Å². The van der Waals surface area contributed by atoms with Crippen LogP contribution in [0.5, 0.6) is 0 Å². The molecule has 1 aliphatic carbocycles. The Balaban J connectivity index is 1.18. The molecule has 0 aromatic heterocycles. The van der Waals surface area contributed by atoms with Crippen molar-refractivity contribution in [1.29, 1.82) is 0 Å². The van der Waals surface area contributed by atoms with Crippen molar-refractivity contribution in [3.05, 3.63) is 65.7 Å². The normalized spacial score (nSPS) is 22.9. The van der Waals surface area contributed by atoms with Gasteiger partial charge in [0.1, 0.15) is 0 Å². The molecule has 4 rings (SSSR count). The fourth-order valence-corrected chi connectivity index (χ4v) is 4.47. The van der Waals surface area contributed by atoms with Crippen molar-refractivity contribution in [2.75, 3.05) is 25.4 Å². The lowest BCUT2D eigenvalue weighted by atomic mass is 9.71. The number of nitrogens with one attached hydrogen (secondary N) is 1. The van der Waals surface area contributed by atoms with Gasteiger partial charge in [-0.15, -0.1) is 0 Å². The molecule has 2 aromatic carbocycles. The first-order valence-electron chi connectivity index (χ1n) is 10.1. The van der Waals surface area contributed by atoms with Crippen molar-refractivity contribution in [1.82, 2.24) is 10.2 Å². The Labute approximate surface area is 161 Å². The molecule has 0 bridgehead atoms. The second-order valence-electron chi connectivity index (χ2n) is 8.06. The molecule has 1 saturated heterocycles. The average molecular weight is 364 g/mol. The van der Waals surface area contributed by atoms with E-state index in [1.165, 1.54) is 24.0 Å². The molecule has 3 N–H and O–H groups in total. The molecule has 0 atom stereocenters. The van der Waals surface area contributed by atoms with Gasteiger partial charge < -0.3 is 16.0 Å². The number of nitrogens with zero attached hydrogens (tertiary/aromatic N) is 1. The van der Waals surface area contributed by atoms with E-state index in [1.54, 1.807) is 0 Å². The summed E-state index contributed by atoms with van der Waals surface area (Å²) >= 11 is 0. The maximum atomic E-state index is 12.5. The second kappa shape index (κ2) is 8.03. The van der Waals surface area contributed by atoms with Crippen LogP contribution in [0.15, 0.2) is 54.6 Å². The molecule has 4 heteroatoms. The summed E-state index contributed by atoms with van der Waals surface area (Å²) < 4.78 is 0. The number of anilines is 1. The number of likely N-dealkylation sites (tertiary alicyclic amines) is 1. The standard InChI is InChI=1S/C23H29N3O/c24-22-8-4-7-20(15-22)19-9-11-26(12-10-19)23(27)25-16-17-13-21(14-17)18-5-2-1-3-6-18/h1-8,15,17,19,21H,9-14,16,24H2,(H,25,27). The summed E-state index contributed by atoms with van der Waals surface area (Å²) in [5.41, 5.74) is 9.46. The van der Waals surface area contributed by atoms with E-state index in [0.717, 1.165) is 38.2 Å². The summed E-state index contributed by atoms with van der Waals surface area (Å²) in [6.07, 6.45) is 4.39. The summed E-state index contributed by atoms with van der Waals surface area (Å²) in [4.78, 5) is 14.5. The molecule has 2 aliphatic rings. The van der Waals surface area contributed by atoms with Gasteiger partial charge in [0.05, 0.1) is 0 Å². The number of hydrogen-bond acceptors (Lipinski definition) is 2. The fraction of sp³-hybridized carbons (Fsp3) is 0.435. The number of amides is 2. The van der Waals surface area contributed by atoms with Crippen molar-refractivity contribution in [2.24, 2.45) is 5.92 Å². The fourth-order valence-electron chi connectivity index (χ4n) is 4.47. The van der Waals surface area contributed by atoms with Gasteiger partial charge in [-0.25, -0.2) is 4.79 Å². The van der Waals surface area contributed by atoms with E-state index in [4.69, 9.17) is 5.73 Å². The number of rotatable bonds is 4. The van der Waals surface area contributed by atoms with Gasteiger partial charge in [-0.2, -0.15) is 0 Å². The Morgan fingerprint density at radius 2 is 1.67 bits per heavy atom. The van der Waals surface area contributed by atoms with E-state index in [2.05, 4.69) is 47.8 Å². The molecule has 1 aliphatic heterocycles. The number of nitrogens with two attached hydrogens (primary N) is 1. The zero-order valence-corrected chi connectivity index (χ0v) is 15.8. The van der Waals surface area contributed by atoms with Crippen molar-refractivity contribution < 1.29 is 4.79 Å². The molecule has 27 heavy (non-hydrogen) atoms. The zero-order chi connectivity index (χ0) is 18.6. The predicted molar refractivity (Wildman–Crippen MR) is 110 cm³/mol. The Bertz CT molecular complexity index is 762. The van der Waals surface area contributed by atoms with Crippen LogP contribution in [0.3, 0.4) is 0 Å². The SMILES string of the molecule is Nc1cccc(C2CCN(C(=O)NCC3CC(c4ccccc4)C3)CC2)c1. The molecule has 142 valence electrons. The molecule has 2 fully saturated rings. The second-order valence-corrected chi connectivity index (χ2v) is 8.06. The largest absolute Gasteiger partial charge is 0.399 e. The van der Waals surface area contributed by atoms with Crippen molar-refractivity contribution in [2.45, 2.75) is 37.5 Å². The first kappa shape index (κ1) is 17.9. The number of nitrogen functional groups attached to an aromatic ring is 1. The van der Waals surface area contributed by atoms with Gasteiger partial charge in [0.25, 0.3) is 0 Å². The average Bonchev–Trinajstić information content (AvgIpc) is 2.67. The Morgan fingerprint density at radius 1 is 0.963 bits per heavy atom. The van der Waals surface area contributed by atoms with Gasteiger partial charge in [0.15, 0.2) is 0 Å². The number of hydrogen-bond donors (Lipinski definition) is 2. The summed E-state index contributed by atoms with van der Waals surface area (Å²) in [5.74, 6) is 1.79. The third kappa shape index (κ3) is 4.26. The van der Waals surface area contributed by atoms with E-state index in [1.807, 2.05) is 17.0 Å². The third-order valence-corrected chi connectivity index (χ3v) is 6.21. The van der Waals surface area contributed by atoms with E-state index in [-0.39, 0.29) is 6.03 Å². The molecule has 1 saturated carbocycles. The number of benzene rings is 2. The van der Waals surface area contributed by atoms with E-state index < -0.39 is 0 Å². The highest BCUT2D eigenvalue weighted by molar-refractivity contribution is 5.74. The molecule has 1 heterocycles. The highest BCUT2D eigenvalue weighted by Gasteiger charge is 2.31. The summed E-state index contributed by atoms with van der Waals surface area (Å²) in [6, 6.07) is 19.0. The van der Waals surface area contributed by atoms with Crippen molar-refractivity contribution in [3.8, 4) is 0 Å². The lowest BCUT2D eigenvalue weighted by Gasteiger charge is -2.37. The van der Waals surface area contributed by atoms with Crippen LogP contribution in [0.25, 0.3) is 0 Å². The van der Waals surface area contributed by atoms with Gasteiger partial charge in [0, 0.05) is 25.3 Å². The minimum Gasteiger partial charge on any atom is -0.399 e. The molecule has 4 nitrogen and oxygen atoms in total. The molecular formula is C23H29N3O. The highest BCUT2D eigenvalue weighted by atomic mass is 16.2. The van der Waals surface area contributed by atoms with E-state index in [9.17, 15) is 4.79 Å². The van der Waals surface area contributed by atoms with Crippen LogP contribution >= 0.6 is 0 Å². The maximum Gasteiger partial charge on any atom is 0.317 e. The third-order valence-electron chi connectivity index (χ3n) is 6.21. The van der Waals surface area contributed by atoms with Crippen LogP contribution in [0.4, 0.5) is 10.5 Å². The number of carbonyl (C=O) groups is 1. The number of carbonyl (C=O) groups excluding carboxylic acids is 1. The van der Waals surface area contributed by atoms with Crippen LogP contribution in [0.1, 0.15) is 48.6 Å². The van der Waals surface area contributed by atoms with Gasteiger partial charge in [-0.3, -0.25) is 0 Å². The van der Waals surface area contributed by atoms with Crippen LogP contribution in [-0.2, 0) is 0 Å². The lowest BCUT2D eigenvalue weighted by Crippen LogP contribution is -2.46. The lowest BCUT2D eigenvalue weighted by molar-refractivity contribution is 0.174. The minimum absolute atomic E-state index is 0.101. The number of piperidine rings is 1. The smallest absolute Gasteiger partial charge is 0.317 e. The molecule has 0 spiro atoms. The van der Waals surface area contributed by atoms with Crippen molar-refractivity contribution in [3.63, 3.8) is 0 Å². The molecule has 2 aromatic rings. The first-order valence-corrected chi connectivity index (χ1v) is 10.1. The number of urea groups is 1. The summed E-state index contributed by atoms with van der Waals surface area (Å²) in [7, 11) is 0. The molecule has 0 radical (unpaired) electrons. The van der Waals surface area contributed by atoms with Gasteiger partial charge in [-0.05, 0) is 66.7 Å². The van der Waals surface area contributed by atoms with Gasteiger partial charge >= 0.3 is 6.03 Å². The molecule has 2 amide bonds.